The molecule has 0 saturated carbocycles. The average molecular weight is 461 g/mol. The maximum Gasteiger partial charge on any atom is 0.254 e. The van der Waals surface area contributed by atoms with Gasteiger partial charge in [0, 0.05) is 47.6 Å². The standard InChI is InChI=1S/C27H32N4OS/c1-7-33-20-10-8-9-19(14-20)22-15-21(27(32)31(6)12-11-30(4)5)18(3)25-24(22)23-13-17(2)16-28-26(23)29-25/h8-10,13-16H,7,11-12H2,1-6H3,(H,28,29). The van der Waals surface area contributed by atoms with E-state index in [1.165, 1.54) is 4.90 Å². The summed E-state index contributed by atoms with van der Waals surface area (Å²) in [6.07, 6.45) is 1.88. The molecule has 0 bridgehead atoms. The van der Waals surface area contributed by atoms with Crippen molar-refractivity contribution in [3.63, 3.8) is 0 Å². The normalized spacial score (nSPS) is 11.6. The highest BCUT2D eigenvalue weighted by atomic mass is 32.2. The van der Waals surface area contributed by atoms with Crippen molar-refractivity contribution in [1.82, 2.24) is 19.8 Å². The zero-order chi connectivity index (χ0) is 23.7. The Bertz CT molecular complexity index is 1320. The molecular weight excluding hydrogens is 428 g/mol. The summed E-state index contributed by atoms with van der Waals surface area (Å²) in [6, 6.07) is 12.9. The lowest BCUT2D eigenvalue weighted by molar-refractivity contribution is 0.0786. The van der Waals surface area contributed by atoms with E-state index in [1.807, 2.05) is 50.9 Å². The minimum absolute atomic E-state index is 0.0411. The van der Waals surface area contributed by atoms with E-state index >= 15 is 0 Å². The summed E-state index contributed by atoms with van der Waals surface area (Å²) in [5.74, 6) is 1.06. The van der Waals surface area contributed by atoms with Gasteiger partial charge >= 0.3 is 0 Å². The topological polar surface area (TPSA) is 52.2 Å². The molecule has 33 heavy (non-hydrogen) atoms. The van der Waals surface area contributed by atoms with Crippen LogP contribution in [0.2, 0.25) is 0 Å². The maximum absolute atomic E-state index is 13.5. The number of likely N-dealkylation sites (N-methyl/N-ethyl adjacent to an activating group) is 2. The van der Waals surface area contributed by atoms with Crippen molar-refractivity contribution in [3.8, 4) is 11.1 Å². The van der Waals surface area contributed by atoms with Gasteiger partial charge in [0.1, 0.15) is 5.65 Å². The molecule has 2 heterocycles. The van der Waals surface area contributed by atoms with E-state index in [-0.39, 0.29) is 5.91 Å². The Hall–Kier alpha value is -2.83. The molecule has 172 valence electrons. The summed E-state index contributed by atoms with van der Waals surface area (Å²) in [4.78, 5) is 26.8. The number of carbonyl (C=O) groups excluding carboxylic acids is 1. The first-order valence-electron chi connectivity index (χ1n) is 11.3. The number of aryl methyl sites for hydroxylation is 2. The number of carbonyl (C=O) groups is 1. The van der Waals surface area contributed by atoms with Gasteiger partial charge in [0.2, 0.25) is 0 Å². The zero-order valence-electron chi connectivity index (χ0n) is 20.3. The van der Waals surface area contributed by atoms with Crippen LogP contribution in [-0.2, 0) is 0 Å². The van der Waals surface area contributed by atoms with Crippen molar-refractivity contribution in [2.45, 2.75) is 25.7 Å². The number of thioether (sulfide) groups is 1. The Morgan fingerprint density at radius 1 is 1.09 bits per heavy atom. The highest BCUT2D eigenvalue weighted by Crippen LogP contribution is 2.39. The summed E-state index contributed by atoms with van der Waals surface area (Å²) in [5.41, 5.74) is 6.83. The van der Waals surface area contributed by atoms with Gasteiger partial charge in [-0.15, -0.1) is 11.8 Å². The third-order valence-corrected chi connectivity index (χ3v) is 6.92. The van der Waals surface area contributed by atoms with Gasteiger partial charge in [-0.05, 0) is 80.2 Å². The second-order valence-corrected chi connectivity index (χ2v) is 10.2. The molecule has 2 aromatic heterocycles. The molecule has 2 aromatic carbocycles. The fourth-order valence-electron chi connectivity index (χ4n) is 4.22. The van der Waals surface area contributed by atoms with Gasteiger partial charge in [-0.3, -0.25) is 4.79 Å². The predicted molar refractivity (Wildman–Crippen MR) is 140 cm³/mol. The first kappa shape index (κ1) is 23.3. The number of aromatic amines is 1. The highest BCUT2D eigenvalue weighted by molar-refractivity contribution is 7.99. The lowest BCUT2D eigenvalue weighted by Gasteiger charge is -2.21. The van der Waals surface area contributed by atoms with Crippen LogP contribution >= 0.6 is 11.8 Å². The van der Waals surface area contributed by atoms with E-state index in [0.29, 0.717) is 6.54 Å². The van der Waals surface area contributed by atoms with Crippen molar-refractivity contribution in [2.24, 2.45) is 0 Å². The first-order chi connectivity index (χ1) is 15.8. The molecule has 4 rings (SSSR count). The first-order valence-corrected chi connectivity index (χ1v) is 12.3. The van der Waals surface area contributed by atoms with Crippen LogP contribution in [0, 0.1) is 13.8 Å². The minimum Gasteiger partial charge on any atom is -0.340 e. The number of nitrogens with one attached hydrogen (secondary N) is 1. The third kappa shape index (κ3) is 4.63. The average Bonchev–Trinajstić information content (AvgIpc) is 3.17. The number of nitrogens with zero attached hydrogens (tertiary/aromatic N) is 3. The molecule has 0 aliphatic heterocycles. The number of pyridine rings is 1. The number of hydrogen-bond acceptors (Lipinski definition) is 4. The molecule has 0 aliphatic carbocycles. The molecule has 0 aliphatic rings. The molecule has 4 aromatic rings. The quantitative estimate of drug-likeness (QED) is 0.357. The molecule has 0 radical (unpaired) electrons. The fourth-order valence-corrected chi connectivity index (χ4v) is 4.94. The SMILES string of the molecule is CCSc1cccc(-c2cc(C(=O)N(C)CCN(C)C)c(C)c3[nH]c4ncc(C)cc4c23)c1. The fraction of sp³-hybridized carbons (Fsp3) is 0.333. The van der Waals surface area contributed by atoms with Gasteiger partial charge in [0.05, 0.1) is 5.52 Å². The summed E-state index contributed by atoms with van der Waals surface area (Å²) < 4.78 is 0. The molecule has 1 amide bonds. The maximum atomic E-state index is 13.5. The minimum atomic E-state index is 0.0411. The smallest absolute Gasteiger partial charge is 0.254 e. The number of fused-ring (bicyclic) bond motifs is 3. The molecule has 6 heteroatoms. The summed E-state index contributed by atoms with van der Waals surface area (Å²) in [5, 5.41) is 2.22. The number of rotatable bonds is 7. The second-order valence-electron chi connectivity index (χ2n) is 8.87. The van der Waals surface area contributed by atoms with Crippen LogP contribution in [0.3, 0.4) is 0 Å². The van der Waals surface area contributed by atoms with Crippen molar-refractivity contribution in [3.05, 3.63) is 59.3 Å². The number of aromatic nitrogens is 2. The van der Waals surface area contributed by atoms with Gasteiger partial charge in [-0.25, -0.2) is 4.98 Å². The molecule has 0 atom stereocenters. The van der Waals surface area contributed by atoms with Gasteiger partial charge in [-0.1, -0.05) is 19.1 Å². The number of benzene rings is 2. The third-order valence-electron chi connectivity index (χ3n) is 6.04. The molecule has 5 nitrogen and oxygen atoms in total. The van der Waals surface area contributed by atoms with E-state index in [1.54, 1.807) is 0 Å². The van der Waals surface area contributed by atoms with Gasteiger partial charge < -0.3 is 14.8 Å². The summed E-state index contributed by atoms with van der Waals surface area (Å²) in [6.45, 7) is 7.76. The lowest BCUT2D eigenvalue weighted by Crippen LogP contribution is -2.33. The van der Waals surface area contributed by atoms with Crippen LogP contribution in [0.15, 0.2) is 47.5 Å². The van der Waals surface area contributed by atoms with Gasteiger partial charge in [-0.2, -0.15) is 0 Å². The number of hydrogen-bond donors (Lipinski definition) is 1. The molecule has 0 unspecified atom stereocenters. The molecule has 1 N–H and O–H groups in total. The van der Waals surface area contributed by atoms with Crippen molar-refractivity contribution >= 4 is 39.6 Å². The molecular formula is C27H32N4OS. The van der Waals surface area contributed by atoms with Crippen LogP contribution in [0.25, 0.3) is 33.1 Å². The molecule has 0 fully saturated rings. The second kappa shape index (κ2) is 9.57. The molecule has 0 spiro atoms. The van der Waals surface area contributed by atoms with Crippen LogP contribution in [0.5, 0.6) is 0 Å². The van der Waals surface area contributed by atoms with Crippen molar-refractivity contribution < 1.29 is 4.79 Å². The van der Waals surface area contributed by atoms with Gasteiger partial charge in [0.25, 0.3) is 5.91 Å². The summed E-state index contributed by atoms with van der Waals surface area (Å²) >= 11 is 1.83. The van der Waals surface area contributed by atoms with Gasteiger partial charge in [0.15, 0.2) is 0 Å². The number of amides is 1. The Balaban J connectivity index is 1.96. The van der Waals surface area contributed by atoms with E-state index in [9.17, 15) is 4.79 Å². The number of H-pyrrole nitrogens is 1. The molecule has 0 saturated heterocycles. The Labute approximate surface area is 200 Å². The Morgan fingerprint density at radius 3 is 2.61 bits per heavy atom. The lowest BCUT2D eigenvalue weighted by atomic mass is 9.93. The van der Waals surface area contributed by atoms with E-state index < -0.39 is 0 Å². The van der Waals surface area contributed by atoms with E-state index in [4.69, 9.17) is 0 Å². The largest absolute Gasteiger partial charge is 0.340 e. The Morgan fingerprint density at radius 2 is 1.88 bits per heavy atom. The monoisotopic (exact) mass is 460 g/mol. The summed E-state index contributed by atoms with van der Waals surface area (Å²) in [7, 11) is 5.92. The zero-order valence-corrected chi connectivity index (χ0v) is 21.1. The Kier molecular flexibility index (Phi) is 6.77. The van der Waals surface area contributed by atoms with Crippen LogP contribution in [0.1, 0.15) is 28.4 Å². The van der Waals surface area contributed by atoms with E-state index in [2.05, 4.69) is 65.1 Å². The van der Waals surface area contributed by atoms with Crippen LogP contribution in [-0.4, -0.2) is 65.7 Å². The predicted octanol–water partition coefficient (Wildman–Crippen LogP) is 5.75. The van der Waals surface area contributed by atoms with E-state index in [0.717, 1.165) is 62.1 Å². The van der Waals surface area contributed by atoms with Crippen LogP contribution < -0.4 is 0 Å². The van der Waals surface area contributed by atoms with Crippen molar-refractivity contribution in [1.29, 1.82) is 0 Å². The van der Waals surface area contributed by atoms with Crippen molar-refractivity contribution in [2.75, 3.05) is 40.0 Å². The highest BCUT2D eigenvalue weighted by Gasteiger charge is 2.22. The van der Waals surface area contributed by atoms with Crippen LogP contribution in [0.4, 0.5) is 0 Å².